The van der Waals surface area contributed by atoms with E-state index in [0.717, 1.165) is 35.6 Å². The molecule has 4 heterocycles. The number of aryl methyl sites for hydroxylation is 1. The molecule has 2 aromatic rings. The summed E-state index contributed by atoms with van der Waals surface area (Å²) < 4.78 is 1.88. The van der Waals surface area contributed by atoms with Gasteiger partial charge in [0.05, 0.1) is 11.4 Å². The minimum atomic E-state index is 0.0125. The molecule has 2 aromatic heterocycles. The van der Waals surface area contributed by atoms with Gasteiger partial charge in [0.1, 0.15) is 0 Å². The van der Waals surface area contributed by atoms with Gasteiger partial charge in [0.15, 0.2) is 0 Å². The number of nitrogens with zero attached hydrogens (tertiary/aromatic N) is 4. The Morgan fingerprint density at radius 3 is 2.71 bits per heavy atom. The van der Waals surface area contributed by atoms with E-state index in [9.17, 15) is 9.59 Å². The number of pyridine rings is 1. The number of likely N-dealkylation sites (tertiary alicyclic amines) is 1. The van der Waals surface area contributed by atoms with Crippen LogP contribution in [0.2, 0.25) is 0 Å². The van der Waals surface area contributed by atoms with Crippen LogP contribution in [0.4, 0.5) is 0 Å². The quantitative estimate of drug-likeness (QED) is 0.799. The van der Waals surface area contributed by atoms with Gasteiger partial charge in [-0.15, -0.1) is 0 Å². The van der Waals surface area contributed by atoms with Crippen LogP contribution in [0.25, 0.3) is 11.3 Å². The van der Waals surface area contributed by atoms with Gasteiger partial charge in [-0.1, -0.05) is 0 Å². The van der Waals surface area contributed by atoms with Crippen molar-refractivity contribution < 1.29 is 4.79 Å². The number of rotatable bonds is 1. The number of amides is 1. The highest BCUT2D eigenvalue weighted by Crippen LogP contribution is 2.36. The lowest BCUT2D eigenvalue weighted by molar-refractivity contribution is -0.131. The standard InChI is InChI=1S/C18H20N4O2/c1-11-18(20-4-3-19-11)14-6-16-15-5-13(8-21(10-15)12(2)23)9-22(16)17(24)7-14/h3-4,6-7,13,15H,5,8-10H2,1-2H3/t13-,15+/m0/s1. The van der Waals surface area contributed by atoms with Gasteiger partial charge < -0.3 is 9.47 Å². The first-order valence-corrected chi connectivity index (χ1v) is 8.31. The molecule has 1 amide bonds. The van der Waals surface area contributed by atoms with E-state index in [0.29, 0.717) is 19.0 Å². The summed E-state index contributed by atoms with van der Waals surface area (Å²) in [6, 6.07) is 3.72. The lowest BCUT2D eigenvalue weighted by atomic mass is 9.82. The molecule has 0 radical (unpaired) electrons. The monoisotopic (exact) mass is 324 g/mol. The highest BCUT2D eigenvalue weighted by molar-refractivity contribution is 5.73. The number of hydrogen-bond donors (Lipinski definition) is 0. The van der Waals surface area contributed by atoms with Crippen LogP contribution in [0.15, 0.2) is 29.3 Å². The Bertz CT molecular complexity index is 874. The third-order valence-corrected chi connectivity index (χ3v) is 5.16. The molecule has 0 N–H and O–H groups in total. The molecule has 0 aromatic carbocycles. The second kappa shape index (κ2) is 5.54. The maximum atomic E-state index is 12.7. The summed E-state index contributed by atoms with van der Waals surface area (Å²) in [6.45, 7) is 5.64. The average molecular weight is 324 g/mol. The Balaban J connectivity index is 1.81. The van der Waals surface area contributed by atoms with Gasteiger partial charge in [-0.3, -0.25) is 19.6 Å². The van der Waals surface area contributed by atoms with Gasteiger partial charge >= 0.3 is 0 Å². The van der Waals surface area contributed by atoms with Crippen LogP contribution in [0.3, 0.4) is 0 Å². The van der Waals surface area contributed by atoms with Crippen LogP contribution in [0.1, 0.15) is 30.7 Å². The molecule has 1 saturated heterocycles. The van der Waals surface area contributed by atoms with E-state index in [-0.39, 0.29) is 17.4 Å². The second-order valence-electron chi connectivity index (χ2n) is 6.83. The van der Waals surface area contributed by atoms with Gasteiger partial charge in [0, 0.05) is 62.2 Å². The molecule has 6 nitrogen and oxygen atoms in total. The van der Waals surface area contributed by atoms with Crippen molar-refractivity contribution >= 4 is 5.91 Å². The predicted octanol–water partition coefficient (Wildman–Crippen LogP) is 1.58. The van der Waals surface area contributed by atoms with Gasteiger partial charge in [0.25, 0.3) is 5.56 Å². The molecule has 24 heavy (non-hydrogen) atoms. The lowest BCUT2D eigenvalue weighted by Gasteiger charge is -2.42. The van der Waals surface area contributed by atoms with E-state index < -0.39 is 0 Å². The van der Waals surface area contributed by atoms with Gasteiger partial charge in [-0.25, -0.2) is 0 Å². The predicted molar refractivity (Wildman–Crippen MR) is 89.6 cm³/mol. The van der Waals surface area contributed by atoms with Crippen molar-refractivity contribution in [1.82, 2.24) is 19.4 Å². The fourth-order valence-corrected chi connectivity index (χ4v) is 4.04. The number of aromatic nitrogens is 3. The molecule has 4 rings (SSSR count). The molecule has 0 saturated carbocycles. The van der Waals surface area contributed by atoms with Crippen LogP contribution in [-0.2, 0) is 11.3 Å². The van der Waals surface area contributed by atoms with E-state index in [1.807, 2.05) is 16.4 Å². The molecule has 0 unspecified atom stereocenters. The summed E-state index contributed by atoms with van der Waals surface area (Å²) in [5.41, 5.74) is 3.41. The highest BCUT2D eigenvalue weighted by atomic mass is 16.2. The largest absolute Gasteiger partial charge is 0.342 e. The van der Waals surface area contributed by atoms with Crippen molar-refractivity contribution in [3.8, 4) is 11.3 Å². The molecule has 2 atom stereocenters. The molecule has 2 aliphatic rings. The van der Waals surface area contributed by atoms with Gasteiger partial charge in [-0.05, 0) is 25.3 Å². The lowest BCUT2D eigenvalue weighted by Crippen LogP contribution is -2.48. The van der Waals surface area contributed by atoms with E-state index in [1.165, 1.54) is 0 Å². The molecule has 6 heteroatoms. The topological polar surface area (TPSA) is 68.1 Å². The maximum Gasteiger partial charge on any atom is 0.251 e. The Morgan fingerprint density at radius 2 is 1.96 bits per heavy atom. The summed E-state index contributed by atoms with van der Waals surface area (Å²) in [7, 11) is 0. The molecule has 1 fully saturated rings. The van der Waals surface area contributed by atoms with E-state index in [1.54, 1.807) is 25.4 Å². The molecule has 2 bridgehead atoms. The summed E-state index contributed by atoms with van der Waals surface area (Å²) in [5, 5.41) is 0. The third-order valence-electron chi connectivity index (χ3n) is 5.16. The smallest absolute Gasteiger partial charge is 0.251 e. The second-order valence-corrected chi connectivity index (χ2v) is 6.83. The molecule has 0 aliphatic carbocycles. The molecular formula is C18H20N4O2. The van der Waals surface area contributed by atoms with Crippen LogP contribution in [0, 0.1) is 12.8 Å². The van der Waals surface area contributed by atoms with Gasteiger partial charge in [-0.2, -0.15) is 0 Å². The van der Waals surface area contributed by atoms with Gasteiger partial charge in [0.2, 0.25) is 5.91 Å². The first kappa shape index (κ1) is 15.1. The normalized spacial score (nSPS) is 22.2. The summed E-state index contributed by atoms with van der Waals surface area (Å²) in [4.78, 5) is 35.0. The molecule has 0 spiro atoms. The number of hydrogen-bond acceptors (Lipinski definition) is 4. The summed E-state index contributed by atoms with van der Waals surface area (Å²) in [6.07, 6.45) is 4.33. The Hall–Kier alpha value is -2.50. The Kier molecular flexibility index (Phi) is 3.48. The maximum absolute atomic E-state index is 12.7. The van der Waals surface area contributed by atoms with Crippen molar-refractivity contribution in [2.75, 3.05) is 13.1 Å². The van der Waals surface area contributed by atoms with Crippen LogP contribution in [0.5, 0.6) is 0 Å². The van der Waals surface area contributed by atoms with Crippen molar-refractivity contribution in [2.45, 2.75) is 32.7 Å². The number of carbonyl (C=O) groups is 1. The SMILES string of the molecule is CC(=O)N1C[C@@H]2C[C@H](C1)c1cc(-c3nccnc3C)cc(=O)n1C2. The van der Waals surface area contributed by atoms with E-state index in [4.69, 9.17) is 0 Å². The first-order valence-electron chi connectivity index (χ1n) is 8.31. The fraction of sp³-hybridized carbons (Fsp3) is 0.444. The van der Waals surface area contributed by atoms with Crippen LogP contribution >= 0.6 is 0 Å². The Morgan fingerprint density at radius 1 is 1.17 bits per heavy atom. The van der Waals surface area contributed by atoms with Crippen LogP contribution in [-0.4, -0.2) is 38.4 Å². The van der Waals surface area contributed by atoms with Crippen molar-refractivity contribution in [1.29, 1.82) is 0 Å². The van der Waals surface area contributed by atoms with Crippen molar-refractivity contribution in [3.05, 3.63) is 46.3 Å². The zero-order valence-electron chi connectivity index (χ0n) is 13.9. The van der Waals surface area contributed by atoms with E-state index >= 15 is 0 Å². The Labute approximate surface area is 140 Å². The molecule has 2 aliphatic heterocycles. The zero-order valence-corrected chi connectivity index (χ0v) is 13.9. The highest BCUT2D eigenvalue weighted by Gasteiger charge is 2.35. The number of carbonyl (C=O) groups excluding carboxylic acids is 1. The third kappa shape index (κ3) is 2.42. The van der Waals surface area contributed by atoms with Crippen LogP contribution < -0.4 is 5.56 Å². The minimum absolute atomic E-state index is 0.0125. The minimum Gasteiger partial charge on any atom is -0.342 e. The average Bonchev–Trinajstić information content (AvgIpc) is 2.56. The first-order chi connectivity index (χ1) is 11.5. The summed E-state index contributed by atoms with van der Waals surface area (Å²) >= 11 is 0. The zero-order chi connectivity index (χ0) is 16.8. The van der Waals surface area contributed by atoms with E-state index in [2.05, 4.69) is 16.0 Å². The van der Waals surface area contributed by atoms with Crippen molar-refractivity contribution in [3.63, 3.8) is 0 Å². The number of piperidine rings is 1. The molecular weight excluding hydrogens is 304 g/mol. The number of fused-ring (bicyclic) bond motifs is 4. The fourth-order valence-electron chi connectivity index (χ4n) is 4.04. The summed E-state index contributed by atoms with van der Waals surface area (Å²) in [5.74, 6) is 0.689. The van der Waals surface area contributed by atoms with Crippen molar-refractivity contribution in [2.24, 2.45) is 5.92 Å². The molecule has 124 valence electrons.